The number of nitrogens with one attached hydrogen (secondary N) is 1. The van der Waals surface area contributed by atoms with E-state index >= 15 is 0 Å². The van der Waals surface area contributed by atoms with E-state index in [-0.39, 0.29) is 12.6 Å². The molecule has 0 heterocycles. The molecule has 1 unspecified atom stereocenters. The number of fused-ring (bicyclic) bond motifs is 1. The van der Waals surface area contributed by atoms with Gasteiger partial charge in [-0.25, -0.2) is 4.79 Å². The minimum atomic E-state index is -0.909. The van der Waals surface area contributed by atoms with Crippen molar-refractivity contribution in [3.05, 3.63) is 27.7 Å². The van der Waals surface area contributed by atoms with E-state index < -0.39 is 11.9 Å². The largest absolute Gasteiger partial charge is 0.481 e. The Hall–Kier alpha value is -1.56. The van der Waals surface area contributed by atoms with Crippen molar-refractivity contribution in [2.75, 3.05) is 18.9 Å². The third kappa shape index (κ3) is 3.75. The molecular formula is C15H19BrN2O3. The van der Waals surface area contributed by atoms with Gasteiger partial charge in [-0.3, -0.25) is 4.79 Å². The predicted octanol–water partition coefficient (Wildman–Crippen LogP) is 3.12. The molecule has 1 aliphatic carbocycles. The van der Waals surface area contributed by atoms with Crippen molar-refractivity contribution in [3.63, 3.8) is 0 Å². The number of carboxylic acid groups (broad SMARTS) is 1. The molecule has 0 aliphatic heterocycles. The van der Waals surface area contributed by atoms with Crippen LogP contribution in [0.2, 0.25) is 0 Å². The Balaban J connectivity index is 2.04. The summed E-state index contributed by atoms with van der Waals surface area (Å²) in [6.45, 7) is 1.75. The lowest BCUT2D eigenvalue weighted by atomic mass is 10.1. The summed E-state index contributed by atoms with van der Waals surface area (Å²) in [4.78, 5) is 24.3. The van der Waals surface area contributed by atoms with Gasteiger partial charge in [-0.2, -0.15) is 0 Å². The SMILES string of the molecule is CC(CN(C)C(=O)Nc1cc2c(cc1Br)CCC2)C(=O)O. The van der Waals surface area contributed by atoms with E-state index in [4.69, 9.17) is 5.11 Å². The number of anilines is 1. The predicted molar refractivity (Wildman–Crippen MR) is 84.6 cm³/mol. The highest BCUT2D eigenvalue weighted by molar-refractivity contribution is 9.10. The molecule has 21 heavy (non-hydrogen) atoms. The van der Waals surface area contributed by atoms with E-state index in [9.17, 15) is 9.59 Å². The number of benzene rings is 1. The molecule has 5 nitrogen and oxygen atoms in total. The second kappa shape index (κ2) is 6.47. The van der Waals surface area contributed by atoms with Crippen LogP contribution in [0.4, 0.5) is 10.5 Å². The molecule has 0 saturated heterocycles. The van der Waals surface area contributed by atoms with Gasteiger partial charge in [0.25, 0.3) is 0 Å². The van der Waals surface area contributed by atoms with Gasteiger partial charge in [0.1, 0.15) is 0 Å². The van der Waals surface area contributed by atoms with E-state index in [2.05, 4.69) is 27.3 Å². The Morgan fingerprint density at radius 3 is 2.62 bits per heavy atom. The maximum absolute atomic E-state index is 12.1. The van der Waals surface area contributed by atoms with Crippen molar-refractivity contribution in [3.8, 4) is 0 Å². The third-order valence-corrected chi connectivity index (χ3v) is 4.40. The highest BCUT2D eigenvalue weighted by atomic mass is 79.9. The van der Waals surface area contributed by atoms with E-state index in [1.807, 2.05) is 6.07 Å². The zero-order valence-corrected chi connectivity index (χ0v) is 13.7. The lowest BCUT2D eigenvalue weighted by molar-refractivity contribution is -0.141. The maximum atomic E-state index is 12.1. The number of hydrogen-bond donors (Lipinski definition) is 2. The second-order valence-corrected chi connectivity index (χ2v) is 6.36. The standard InChI is InChI=1S/C15H19BrN2O3/c1-9(14(19)20)8-18(2)15(21)17-13-7-11-5-3-4-10(11)6-12(13)16/h6-7,9H,3-5,8H2,1-2H3,(H,17,21)(H,19,20). The first kappa shape index (κ1) is 15.8. The van der Waals surface area contributed by atoms with Gasteiger partial charge in [0.2, 0.25) is 0 Å². The zero-order chi connectivity index (χ0) is 15.6. The van der Waals surface area contributed by atoms with Crippen molar-refractivity contribution in [1.82, 2.24) is 4.90 Å². The van der Waals surface area contributed by atoms with Crippen LogP contribution in [0, 0.1) is 5.92 Å². The molecule has 0 bridgehead atoms. The summed E-state index contributed by atoms with van der Waals surface area (Å²) in [5.41, 5.74) is 3.33. The monoisotopic (exact) mass is 354 g/mol. The number of nitrogens with zero attached hydrogens (tertiary/aromatic N) is 1. The Labute approximate surface area is 132 Å². The van der Waals surface area contributed by atoms with E-state index in [0.717, 1.165) is 29.4 Å². The van der Waals surface area contributed by atoms with Crippen LogP contribution in [0.5, 0.6) is 0 Å². The number of carboxylic acids is 1. The van der Waals surface area contributed by atoms with Crippen molar-refractivity contribution < 1.29 is 14.7 Å². The molecule has 1 aromatic carbocycles. The highest BCUT2D eigenvalue weighted by Crippen LogP contribution is 2.31. The first-order valence-corrected chi connectivity index (χ1v) is 7.74. The normalized spacial score (nSPS) is 14.4. The smallest absolute Gasteiger partial charge is 0.321 e. The van der Waals surface area contributed by atoms with Crippen LogP contribution in [-0.4, -0.2) is 35.6 Å². The van der Waals surface area contributed by atoms with Gasteiger partial charge in [0, 0.05) is 18.1 Å². The van der Waals surface area contributed by atoms with Crippen LogP contribution < -0.4 is 5.32 Å². The van der Waals surface area contributed by atoms with Gasteiger partial charge in [-0.05, 0) is 58.5 Å². The van der Waals surface area contributed by atoms with Crippen LogP contribution in [0.15, 0.2) is 16.6 Å². The molecule has 2 rings (SSSR count). The fraction of sp³-hybridized carbons (Fsp3) is 0.467. The first-order chi connectivity index (χ1) is 9.88. The number of rotatable bonds is 4. The van der Waals surface area contributed by atoms with Gasteiger partial charge in [-0.15, -0.1) is 0 Å². The van der Waals surface area contributed by atoms with Crippen molar-refractivity contribution in [2.45, 2.75) is 26.2 Å². The Morgan fingerprint density at radius 1 is 1.38 bits per heavy atom. The Kier molecular flexibility index (Phi) is 4.88. The summed E-state index contributed by atoms with van der Waals surface area (Å²) >= 11 is 3.47. The minimum Gasteiger partial charge on any atom is -0.481 e. The molecule has 2 amide bonds. The van der Waals surface area contributed by atoms with Crippen LogP contribution in [0.3, 0.4) is 0 Å². The Morgan fingerprint density at radius 2 is 2.00 bits per heavy atom. The molecule has 0 saturated carbocycles. The van der Waals surface area contributed by atoms with Gasteiger partial charge < -0.3 is 15.3 Å². The molecular weight excluding hydrogens is 336 g/mol. The lowest BCUT2D eigenvalue weighted by Crippen LogP contribution is -2.36. The summed E-state index contributed by atoms with van der Waals surface area (Å²) in [7, 11) is 1.59. The summed E-state index contributed by atoms with van der Waals surface area (Å²) in [5.74, 6) is -1.50. The number of carbonyl (C=O) groups excluding carboxylic acids is 1. The maximum Gasteiger partial charge on any atom is 0.321 e. The van der Waals surface area contributed by atoms with Crippen LogP contribution in [0.25, 0.3) is 0 Å². The topological polar surface area (TPSA) is 69.6 Å². The minimum absolute atomic E-state index is 0.170. The molecule has 1 aromatic rings. The van der Waals surface area contributed by atoms with Crippen LogP contribution in [0.1, 0.15) is 24.5 Å². The molecule has 0 fully saturated rings. The van der Waals surface area contributed by atoms with E-state index in [0.29, 0.717) is 0 Å². The Bertz CT molecular complexity index is 574. The van der Waals surface area contributed by atoms with Gasteiger partial charge in [0.05, 0.1) is 11.6 Å². The van der Waals surface area contributed by atoms with Gasteiger partial charge in [-0.1, -0.05) is 6.92 Å². The lowest BCUT2D eigenvalue weighted by Gasteiger charge is -2.20. The van der Waals surface area contributed by atoms with Crippen molar-refractivity contribution >= 4 is 33.6 Å². The van der Waals surface area contributed by atoms with Crippen molar-refractivity contribution in [1.29, 1.82) is 0 Å². The number of hydrogen-bond acceptors (Lipinski definition) is 2. The van der Waals surface area contributed by atoms with E-state index in [1.165, 1.54) is 16.0 Å². The molecule has 114 valence electrons. The second-order valence-electron chi connectivity index (χ2n) is 5.50. The summed E-state index contributed by atoms with van der Waals surface area (Å²) in [6, 6.07) is 3.75. The molecule has 0 spiro atoms. The van der Waals surface area contributed by atoms with E-state index in [1.54, 1.807) is 14.0 Å². The van der Waals surface area contributed by atoms with Crippen LogP contribution in [-0.2, 0) is 17.6 Å². The van der Waals surface area contributed by atoms with Gasteiger partial charge >= 0.3 is 12.0 Å². The first-order valence-electron chi connectivity index (χ1n) is 6.94. The van der Waals surface area contributed by atoms with Gasteiger partial charge in [0.15, 0.2) is 0 Å². The number of halogens is 1. The zero-order valence-electron chi connectivity index (χ0n) is 12.1. The van der Waals surface area contributed by atoms with Crippen LogP contribution >= 0.6 is 15.9 Å². The molecule has 0 radical (unpaired) electrons. The molecule has 0 aromatic heterocycles. The average Bonchev–Trinajstić information content (AvgIpc) is 2.85. The number of aliphatic carboxylic acids is 1. The highest BCUT2D eigenvalue weighted by Gasteiger charge is 2.19. The molecule has 6 heteroatoms. The quantitative estimate of drug-likeness (QED) is 0.872. The average molecular weight is 355 g/mol. The summed E-state index contributed by atoms with van der Waals surface area (Å²) in [5, 5.41) is 11.7. The fourth-order valence-corrected chi connectivity index (χ4v) is 2.96. The molecule has 1 aliphatic rings. The fourth-order valence-electron chi connectivity index (χ4n) is 2.47. The summed E-state index contributed by atoms with van der Waals surface area (Å²) in [6.07, 6.45) is 3.27. The molecule has 1 atom stereocenters. The van der Waals surface area contributed by atoms with Crippen molar-refractivity contribution in [2.24, 2.45) is 5.92 Å². The molecule has 2 N–H and O–H groups in total. The number of amides is 2. The third-order valence-electron chi connectivity index (χ3n) is 3.74. The number of urea groups is 1. The number of carbonyl (C=O) groups is 2. The number of aryl methyl sites for hydroxylation is 2. The summed E-state index contributed by atoms with van der Waals surface area (Å²) < 4.78 is 0.858.